The molecule has 0 amide bonds. The van der Waals surface area contributed by atoms with Gasteiger partial charge in [0.15, 0.2) is 0 Å². The van der Waals surface area contributed by atoms with Crippen LogP contribution in [0.2, 0.25) is 4.34 Å². The molecular weight excluding hydrogens is 202 g/mol. The predicted octanol–water partition coefficient (Wildman–Crippen LogP) is 3.70. The predicted molar refractivity (Wildman–Crippen MR) is 60.6 cm³/mol. The van der Waals surface area contributed by atoms with Gasteiger partial charge in [-0.2, -0.15) is 0 Å². The van der Waals surface area contributed by atoms with E-state index in [4.69, 9.17) is 17.3 Å². The number of aryl methyl sites for hydroxylation is 1. The molecule has 0 atom stereocenters. The lowest BCUT2D eigenvalue weighted by molar-refractivity contribution is 1.16. The summed E-state index contributed by atoms with van der Waals surface area (Å²) in [7, 11) is 0. The van der Waals surface area contributed by atoms with Crippen LogP contribution in [0.25, 0.3) is 10.1 Å². The van der Waals surface area contributed by atoms with Gasteiger partial charge in [0, 0.05) is 10.4 Å². The zero-order valence-electron chi connectivity index (χ0n) is 7.30. The second-order valence-electron chi connectivity index (χ2n) is 2.95. The van der Waals surface area contributed by atoms with Crippen LogP contribution in [-0.2, 0) is 6.42 Å². The third-order valence-corrected chi connectivity index (χ3v) is 3.40. The number of anilines is 1. The maximum Gasteiger partial charge on any atom is 0.0940 e. The van der Waals surface area contributed by atoms with Crippen molar-refractivity contribution in [3.05, 3.63) is 28.1 Å². The van der Waals surface area contributed by atoms with Crippen molar-refractivity contribution < 1.29 is 0 Å². The molecule has 13 heavy (non-hydrogen) atoms. The highest BCUT2D eigenvalue weighted by Crippen LogP contribution is 2.34. The number of nitrogen functional groups attached to an aromatic ring is 1. The molecule has 1 aromatic heterocycles. The molecule has 1 heterocycles. The van der Waals surface area contributed by atoms with Crippen LogP contribution < -0.4 is 5.73 Å². The molecular formula is C10H10ClNS. The van der Waals surface area contributed by atoms with E-state index in [0.29, 0.717) is 0 Å². The maximum absolute atomic E-state index is 5.94. The van der Waals surface area contributed by atoms with E-state index >= 15 is 0 Å². The molecule has 0 bridgehead atoms. The fourth-order valence-corrected chi connectivity index (χ4v) is 2.72. The van der Waals surface area contributed by atoms with Gasteiger partial charge < -0.3 is 5.73 Å². The number of benzene rings is 1. The smallest absolute Gasteiger partial charge is 0.0940 e. The van der Waals surface area contributed by atoms with E-state index < -0.39 is 0 Å². The average molecular weight is 212 g/mol. The summed E-state index contributed by atoms with van der Waals surface area (Å²) >= 11 is 7.54. The summed E-state index contributed by atoms with van der Waals surface area (Å²) in [6.45, 7) is 2.11. The van der Waals surface area contributed by atoms with Crippen LogP contribution in [-0.4, -0.2) is 0 Å². The van der Waals surface area contributed by atoms with Gasteiger partial charge in [0.25, 0.3) is 0 Å². The van der Waals surface area contributed by atoms with E-state index in [0.717, 1.165) is 16.4 Å². The molecule has 0 saturated heterocycles. The maximum atomic E-state index is 5.94. The minimum absolute atomic E-state index is 0.829. The van der Waals surface area contributed by atoms with E-state index in [1.54, 1.807) is 11.3 Å². The third kappa shape index (κ3) is 1.40. The number of nitrogens with two attached hydrogens (primary N) is 1. The second-order valence-corrected chi connectivity index (χ2v) is 4.66. The van der Waals surface area contributed by atoms with E-state index in [9.17, 15) is 0 Å². The minimum Gasteiger partial charge on any atom is -0.398 e. The van der Waals surface area contributed by atoms with E-state index in [2.05, 4.69) is 6.92 Å². The van der Waals surface area contributed by atoms with E-state index in [1.165, 1.54) is 15.6 Å². The van der Waals surface area contributed by atoms with Crippen molar-refractivity contribution in [3.8, 4) is 0 Å². The third-order valence-electron chi connectivity index (χ3n) is 2.17. The summed E-state index contributed by atoms with van der Waals surface area (Å²) < 4.78 is 2.05. The van der Waals surface area contributed by atoms with Gasteiger partial charge >= 0.3 is 0 Å². The zero-order valence-corrected chi connectivity index (χ0v) is 8.88. The summed E-state index contributed by atoms with van der Waals surface area (Å²) in [5.74, 6) is 0. The number of hydrogen-bond donors (Lipinski definition) is 1. The first kappa shape index (κ1) is 8.85. The van der Waals surface area contributed by atoms with Gasteiger partial charge in [0.05, 0.1) is 4.34 Å². The van der Waals surface area contributed by atoms with Gasteiger partial charge in [-0.15, -0.1) is 11.3 Å². The van der Waals surface area contributed by atoms with Gasteiger partial charge in [-0.05, 0) is 35.6 Å². The zero-order chi connectivity index (χ0) is 9.42. The monoisotopic (exact) mass is 211 g/mol. The van der Waals surface area contributed by atoms with Gasteiger partial charge in [-0.1, -0.05) is 18.5 Å². The lowest BCUT2D eigenvalue weighted by Gasteiger charge is -2.03. The molecule has 0 aliphatic heterocycles. The van der Waals surface area contributed by atoms with Gasteiger partial charge in [-0.3, -0.25) is 0 Å². The van der Waals surface area contributed by atoms with Crippen LogP contribution in [0.5, 0.6) is 0 Å². The van der Waals surface area contributed by atoms with Crippen LogP contribution in [0.15, 0.2) is 18.2 Å². The first-order valence-corrected chi connectivity index (χ1v) is 5.38. The molecule has 2 N–H and O–H groups in total. The summed E-state index contributed by atoms with van der Waals surface area (Å²) in [5.41, 5.74) is 7.94. The Balaban J connectivity index is 2.82. The molecule has 1 aromatic carbocycles. The Bertz CT molecular complexity index is 447. The van der Waals surface area contributed by atoms with E-state index in [-0.39, 0.29) is 0 Å². The normalized spacial score (nSPS) is 10.9. The molecule has 0 aliphatic rings. The molecule has 0 spiro atoms. The Labute approximate surface area is 86.1 Å². The van der Waals surface area contributed by atoms with Crippen molar-refractivity contribution in [2.24, 2.45) is 0 Å². The first-order valence-electron chi connectivity index (χ1n) is 4.18. The number of rotatable bonds is 1. The number of thiophene rings is 1. The standard InChI is InChI=1S/C10H10ClNS/c1-2-6-7-5-10(11)13-9(7)4-3-8(6)12/h3-5H,2,12H2,1H3. The number of hydrogen-bond acceptors (Lipinski definition) is 2. The van der Waals surface area contributed by atoms with Crippen molar-refractivity contribution in [1.82, 2.24) is 0 Å². The summed E-state index contributed by atoms with van der Waals surface area (Å²) in [5, 5.41) is 1.21. The second kappa shape index (κ2) is 3.20. The largest absolute Gasteiger partial charge is 0.398 e. The number of fused-ring (bicyclic) bond motifs is 1. The van der Waals surface area contributed by atoms with Gasteiger partial charge in [-0.25, -0.2) is 0 Å². The Hall–Kier alpha value is -0.730. The van der Waals surface area contributed by atoms with Crippen LogP contribution in [0.3, 0.4) is 0 Å². The lowest BCUT2D eigenvalue weighted by Crippen LogP contribution is -1.91. The van der Waals surface area contributed by atoms with Crippen LogP contribution in [0.1, 0.15) is 12.5 Å². The minimum atomic E-state index is 0.829. The molecule has 0 radical (unpaired) electrons. The molecule has 0 saturated carbocycles. The molecule has 2 aromatic rings. The fraction of sp³-hybridized carbons (Fsp3) is 0.200. The Kier molecular flexibility index (Phi) is 2.18. The number of halogens is 1. The summed E-state index contributed by atoms with van der Waals surface area (Å²) in [6.07, 6.45) is 0.955. The van der Waals surface area contributed by atoms with Crippen molar-refractivity contribution in [2.45, 2.75) is 13.3 Å². The van der Waals surface area contributed by atoms with E-state index in [1.807, 2.05) is 18.2 Å². The van der Waals surface area contributed by atoms with Crippen LogP contribution >= 0.6 is 22.9 Å². The summed E-state index contributed by atoms with van der Waals surface area (Å²) in [6, 6.07) is 5.98. The molecule has 0 unspecified atom stereocenters. The molecule has 0 fully saturated rings. The van der Waals surface area contributed by atoms with Crippen molar-refractivity contribution in [3.63, 3.8) is 0 Å². The SMILES string of the molecule is CCc1c(N)ccc2sc(Cl)cc12. The van der Waals surface area contributed by atoms with Crippen LogP contribution in [0.4, 0.5) is 5.69 Å². The van der Waals surface area contributed by atoms with Crippen molar-refractivity contribution >= 4 is 38.7 Å². The highest BCUT2D eigenvalue weighted by atomic mass is 35.5. The highest BCUT2D eigenvalue weighted by Gasteiger charge is 2.06. The first-order chi connectivity index (χ1) is 6.22. The molecule has 0 aliphatic carbocycles. The van der Waals surface area contributed by atoms with Gasteiger partial charge in [0.2, 0.25) is 0 Å². The Morgan fingerprint density at radius 3 is 2.92 bits per heavy atom. The van der Waals surface area contributed by atoms with Crippen molar-refractivity contribution in [1.29, 1.82) is 0 Å². The lowest BCUT2D eigenvalue weighted by atomic mass is 10.1. The molecule has 68 valence electrons. The molecule has 2 rings (SSSR count). The van der Waals surface area contributed by atoms with Crippen LogP contribution in [0, 0.1) is 0 Å². The Morgan fingerprint density at radius 1 is 1.46 bits per heavy atom. The van der Waals surface area contributed by atoms with Crippen molar-refractivity contribution in [2.75, 3.05) is 5.73 Å². The molecule has 1 nitrogen and oxygen atoms in total. The molecule has 3 heteroatoms. The topological polar surface area (TPSA) is 26.0 Å². The quantitative estimate of drug-likeness (QED) is 0.716. The summed E-state index contributed by atoms with van der Waals surface area (Å²) in [4.78, 5) is 0. The Morgan fingerprint density at radius 2 is 2.23 bits per heavy atom. The van der Waals surface area contributed by atoms with Gasteiger partial charge in [0.1, 0.15) is 0 Å². The average Bonchev–Trinajstić information content (AvgIpc) is 2.45. The highest BCUT2D eigenvalue weighted by molar-refractivity contribution is 7.22. The fourth-order valence-electron chi connectivity index (χ4n) is 1.55.